The van der Waals surface area contributed by atoms with Crippen LogP contribution in [0.25, 0.3) is 0 Å². The second kappa shape index (κ2) is 8.20. The Labute approximate surface area is 117 Å². The molecule has 0 spiro atoms. The topological polar surface area (TPSA) is 44.7 Å². The molecule has 19 heavy (non-hydrogen) atoms. The Bertz CT molecular complexity index is 244. The molecular weight excluding hydrogens is 240 g/mol. The maximum absolute atomic E-state index is 10.1. The van der Waals surface area contributed by atoms with Crippen molar-refractivity contribution in [2.24, 2.45) is 5.92 Å². The highest BCUT2D eigenvalue weighted by atomic mass is 16.5. The monoisotopic (exact) mass is 270 g/mol. The fourth-order valence-corrected chi connectivity index (χ4v) is 3.26. The van der Waals surface area contributed by atoms with Crippen LogP contribution in [0.4, 0.5) is 0 Å². The molecule has 2 rings (SSSR count). The van der Waals surface area contributed by atoms with E-state index in [0.717, 1.165) is 38.6 Å². The van der Waals surface area contributed by atoms with Crippen molar-refractivity contribution < 1.29 is 9.84 Å². The van der Waals surface area contributed by atoms with Gasteiger partial charge in [-0.25, -0.2) is 0 Å². The van der Waals surface area contributed by atoms with E-state index in [2.05, 4.69) is 17.1 Å². The SMILES string of the molecule is CCC1CCCC(OCC(O)CN2CCNCC2)C1. The molecule has 0 aromatic rings. The van der Waals surface area contributed by atoms with Crippen LogP contribution in [0.5, 0.6) is 0 Å². The Hall–Kier alpha value is -0.160. The number of aliphatic hydroxyl groups is 1. The number of β-amino-alcohol motifs (C(OH)–C–C–N with tert-alkyl or cyclic N) is 1. The lowest BCUT2D eigenvalue weighted by atomic mass is 9.85. The van der Waals surface area contributed by atoms with Crippen molar-refractivity contribution >= 4 is 0 Å². The standard InChI is InChI=1S/C15H30N2O2/c1-2-13-4-3-5-15(10-13)19-12-14(18)11-17-8-6-16-7-9-17/h13-16,18H,2-12H2,1H3. The number of hydrogen-bond acceptors (Lipinski definition) is 4. The third-order valence-corrected chi connectivity index (χ3v) is 4.51. The Morgan fingerprint density at radius 3 is 2.84 bits per heavy atom. The summed E-state index contributed by atoms with van der Waals surface area (Å²) in [7, 11) is 0. The van der Waals surface area contributed by atoms with Gasteiger partial charge in [0.15, 0.2) is 0 Å². The van der Waals surface area contributed by atoms with Crippen molar-refractivity contribution in [1.29, 1.82) is 0 Å². The third-order valence-electron chi connectivity index (χ3n) is 4.51. The summed E-state index contributed by atoms with van der Waals surface area (Å²) < 4.78 is 5.93. The van der Waals surface area contributed by atoms with Crippen molar-refractivity contribution in [3.05, 3.63) is 0 Å². The summed E-state index contributed by atoms with van der Waals surface area (Å²) in [6.07, 6.45) is 6.34. The number of rotatable bonds is 6. The van der Waals surface area contributed by atoms with Gasteiger partial charge in [-0.15, -0.1) is 0 Å². The van der Waals surface area contributed by atoms with E-state index in [1.165, 1.54) is 32.1 Å². The van der Waals surface area contributed by atoms with Gasteiger partial charge in [0.1, 0.15) is 0 Å². The van der Waals surface area contributed by atoms with Gasteiger partial charge in [-0.3, -0.25) is 4.90 Å². The summed E-state index contributed by atoms with van der Waals surface area (Å²) >= 11 is 0. The summed E-state index contributed by atoms with van der Waals surface area (Å²) in [4.78, 5) is 2.32. The first-order valence-electron chi connectivity index (χ1n) is 8.00. The van der Waals surface area contributed by atoms with Gasteiger partial charge >= 0.3 is 0 Å². The Morgan fingerprint density at radius 2 is 2.11 bits per heavy atom. The lowest BCUT2D eigenvalue weighted by Crippen LogP contribution is -2.47. The van der Waals surface area contributed by atoms with E-state index >= 15 is 0 Å². The van der Waals surface area contributed by atoms with Crippen LogP contribution in [0.1, 0.15) is 39.0 Å². The fraction of sp³-hybridized carbons (Fsp3) is 1.00. The van der Waals surface area contributed by atoms with Crippen molar-refractivity contribution in [3.8, 4) is 0 Å². The van der Waals surface area contributed by atoms with Gasteiger partial charge in [-0.1, -0.05) is 26.2 Å². The van der Waals surface area contributed by atoms with Crippen LogP contribution in [0.2, 0.25) is 0 Å². The first kappa shape index (κ1) is 15.2. The normalized spacial score (nSPS) is 31.3. The Morgan fingerprint density at radius 1 is 1.32 bits per heavy atom. The third kappa shape index (κ3) is 5.38. The second-order valence-corrected chi connectivity index (χ2v) is 6.10. The molecule has 1 heterocycles. The van der Waals surface area contributed by atoms with E-state index < -0.39 is 0 Å². The maximum atomic E-state index is 10.1. The van der Waals surface area contributed by atoms with Crippen molar-refractivity contribution in [3.63, 3.8) is 0 Å². The van der Waals surface area contributed by atoms with Gasteiger partial charge in [-0.2, -0.15) is 0 Å². The molecule has 1 saturated heterocycles. The quantitative estimate of drug-likeness (QED) is 0.762. The van der Waals surface area contributed by atoms with E-state index in [9.17, 15) is 5.11 Å². The van der Waals surface area contributed by atoms with E-state index in [-0.39, 0.29) is 6.10 Å². The number of nitrogens with one attached hydrogen (secondary N) is 1. The van der Waals surface area contributed by atoms with Gasteiger partial charge in [0, 0.05) is 32.7 Å². The molecular formula is C15H30N2O2. The smallest absolute Gasteiger partial charge is 0.0900 e. The summed E-state index contributed by atoms with van der Waals surface area (Å²) in [5.74, 6) is 0.837. The zero-order valence-corrected chi connectivity index (χ0v) is 12.3. The molecule has 3 atom stereocenters. The number of hydrogen-bond donors (Lipinski definition) is 2. The highest BCUT2D eigenvalue weighted by Gasteiger charge is 2.22. The highest BCUT2D eigenvalue weighted by molar-refractivity contribution is 4.74. The van der Waals surface area contributed by atoms with Crippen LogP contribution in [0, 0.1) is 5.92 Å². The number of piperazine rings is 1. The largest absolute Gasteiger partial charge is 0.389 e. The van der Waals surface area contributed by atoms with Gasteiger partial charge in [0.05, 0.1) is 18.8 Å². The molecule has 0 bridgehead atoms. The molecule has 0 radical (unpaired) electrons. The van der Waals surface area contributed by atoms with Crippen molar-refractivity contribution in [2.75, 3.05) is 39.3 Å². The molecule has 1 aliphatic heterocycles. The summed E-state index contributed by atoms with van der Waals surface area (Å²) in [6.45, 7) is 7.68. The minimum Gasteiger partial charge on any atom is -0.389 e. The molecule has 112 valence electrons. The maximum Gasteiger partial charge on any atom is 0.0900 e. The fourth-order valence-electron chi connectivity index (χ4n) is 3.26. The average molecular weight is 270 g/mol. The first-order valence-corrected chi connectivity index (χ1v) is 8.00. The van der Waals surface area contributed by atoms with E-state index in [0.29, 0.717) is 12.7 Å². The number of aliphatic hydroxyl groups excluding tert-OH is 1. The summed E-state index contributed by atoms with van der Waals surface area (Å²) in [5.41, 5.74) is 0. The van der Waals surface area contributed by atoms with Crippen LogP contribution in [-0.2, 0) is 4.74 Å². The second-order valence-electron chi connectivity index (χ2n) is 6.10. The predicted molar refractivity (Wildman–Crippen MR) is 77.3 cm³/mol. The first-order chi connectivity index (χ1) is 9.28. The lowest BCUT2D eigenvalue weighted by molar-refractivity contribution is -0.0420. The number of nitrogens with zero attached hydrogens (tertiary/aromatic N) is 1. The molecule has 2 fully saturated rings. The minimum atomic E-state index is -0.333. The van der Waals surface area contributed by atoms with E-state index in [4.69, 9.17) is 4.74 Å². The number of ether oxygens (including phenoxy) is 1. The summed E-state index contributed by atoms with van der Waals surface area (Å²) in [5, 5.41) is 13.4. The van der Waals surface area contributed by atoms with E-state index in [1.807, 2.05) is 0 Å². The zero-order valence-electron chi connectivity index (χ0n) is 12.3. The molecule has 1 aliphatic carbocycles. The van der Waals surface area contributed by atoms with Crippen molar-refractivity contribution in [1.82, 2.24) is 10.2 Å². The molecule has 0 aromatic carbocycles. The average Bonchev–Trinajstić information content (AvgIpc) is 2.46. The van der Waals surface area contributed by atoms with Crippen LogP contribution in [0.3, 0.4) is 0 Å². The minimum absolute atomic E-state index is 0.333. The van der Waals surface area contributed by atoms with Crippen LogP contribution >= 0.6 is 0 Å². The predicted octanol–water partition coefficient (Wildman–Crippen LogP) is 1.24. The van der Waals surface area contributed by atoms with Gasteiger partial charge in [0.2, 0.25) is 0 Å². The van der Waals surface area contributed by atoms with Gasteiger partial charge < -0.3 is 15.2 Å². The van der Waals surface area contributed by atoms with Crippen molar-refractivity contribution in [2.45, 2.75) is 51.2 Å². The molecule has 3 unspecified atom stereocenters. The summed E-state index contributed by atoms with van der Waals surface area (Å²) in [6, 6.07) is 0. The molecule has 2 aliphatic rings. The van der Waals surface area contributed by atoms with Crippen LogP contribution < -0.4 is 5.32 Å². The highest BCUT2D eigenvalue weighted by Crippen LogP contribution is 2.28. The molecule has 0 aromatic heterocycles. The van der Waals surface area contributed by atoms with Crippen LogP contribution in [-0.4, -0.2) is 61.5 Å². The lowest BCUT2D eigenvalue weighted by Gasteiger charge is -2.31. The van der Waals surface area contributed by atoms with Crippen LogP contribution in [0.15, 0.2) is 0 Å². The molecule has 0 amide bonds. The molecule has 4 heteroatoms. The molecule has 4 nitrogen and oxygen atoms in total. The van der Waals surface area contributed by atoms with Gasteiger partial charge in [0.25, 0.3) is 0 Å². The Balaban J connectivity index is 1.61. The van der Waals surface area contributed by atoms with E-state index in [1.54, 1.807) is 0 Å². The zero-order chi connectivity index (χ0) is 13.5. The van der Waals surface area contributed by atoms with Gasteiger partial charge in [-0.05, 0) is 18.8 Å². The molecule has 2 N–H and O–H groups in total. The molecule has 1 saturated carbocycles. The Kier molecular flexibility index (Phi) is 6.57.